The molecule has 0 fully saturated rings. The van der Waals surface area contributed by atoms with Crippen LogP contribution in [-0.2, 0) is 6.54 Å². The summed E-state index contributed by atoms with van der Waals surface area (Å²) in [6, 6.07) is 8.66. The predicted octanol–water partition coefficient (Wildman–Crippen LogP) is 3.80. The predicted molar refractivity (Wildman–Crippen MR) is 85.4 cm³/mol. The number of benzene rings is 1. The molecule has 0 spiro atoms. The van der Waals surface area contributed by atoms with Crippen molar-refractivity contribution in [1.82, 2.24) is 10.3 Å². The number of aromatic nitrogens is 1. The van der Waals surface area contributed by atoms with Gasteiger partial charge in [0.25, 0.3) is 0 Å². The van der Waals surface area contributed by atoms with Crippen LogP contribution in [0, 0.1) is 12.7 Å². The maximum atomic E-state index is 13.4. The molecule has 1 N–H and O–H groups in total. The van der Waals surface area contributed by atoms with E-state index in [1.165, 1.54) is 6.07 Å². The molecule has 4 heteroatoms. The molecule has 0 radical (unpaired) electrons. The summed E-state index contributed by atoms with van der Waals surface area (Å²) in [7, 11) is 1.95. The third-order valence-corrected chi connectivity index (χ3v) is 3.40. The number of hydrogen-bond acceptors (Lipinski definition) is 3. The summed E-state index contributed by atoms with van der Waals surface area (Å²) in [5.74, 6) is -0.226. The molecule has 0 saturated heterocycles. The van der Waals surface area contributed by atoms with E-state index in [1.807, 2.05) is 37.2 Å². The Morgan fingerprint density at radius 2 is 2.10 bits per heavy atom. The maximum Gasteiger partial charge on any atom is 0.125 e. The average molecular weight is 287 g/mol. The van der Waals surface area contributed by atoms with Crippen LogP contribution in [-0.4, -0.2) is 18.6 Å². The SMILES string of the molecule is CCCNCc1cnc(C)cc1N(C)c1cccc(F)c1. The van der Waals surface area contributed by atoms with E-state index in [1.54, 1.807) is 12.1 Å². The summed E-state index contributed by atoms with van der Waals surface area (Å²) in [5.41, 5.74) is 3.95. The van der Waals surface area contributed by atoms with Gasteiger partial charge in [-0.05, 0) is 44.2 Å². The molecule has 0 saturated carbocycles. The number of pyridine rings is 1. The summed E-state index contributed by atoms with van der Waals surface area (Å²) in [6.45, 7) is 5.83. The summed E-state index contributed by atoms with van der Waals surface area (Å²) in [6.07, 6.45) is 2.98. The van der Waals surface area contributed by atoms with Crippen LogP contribution < -0.4 is 10.2 Å². The third-order valence-electron chi connectivity index (χ3n) is 3.40. The molecule has 1 aromatic carbocycles. The summed E-state index contributed by atoms with van der Waals surface area (Å²) < 4.78 is 13.4. The van der Waals surface area contributed by atoms with Crippen LogP contribution >= 0.6 is 0 Å². The van der Waals surface area contributed by atoms with Crippen molar-refractivity contribution in [3.63, 3.8) is 0 Å². The molecule has 0 aliphatic rings. The molecule has 2 rings (SSSR count). The van der Waals surface area contributed by atoms with E-state index in [0.717, 1.165) is 42.1 Å². The van der Waals surface area contributed by atoms with Gasteiger partial charge in [0, 0.05) is 42.4 Å². The van der Waals surface area contributed by atoms with Gasteiger partial charge in [0.05, 0.1) is 0 Å². The van der Waals surface area contributed by atoms with E-state index in [9.17, 15) is 4.39 Å². The fourth-order valence-corrected chi connectivity index (χ4v) is 2.25. The molecule has 1 heterocycles. The minimum atomic E-state index is -0.226. The van der Waals surface area contributed by atoms with Crippen molar-refractivity contribution >= 4 is 11.4 Å². The molecule has 0 amide bonds. The number of hydrogen-bond donors (Lipinski definition) is 1. The zero-order chi connectivity index (χ0) is 15.2. The molecule has 0 aliphatic carbocycles. The smallest absolute Gasteiger partial charge is 0.125 e. The highest BCUT2D eigenvalue weighted by molar-refractivity contribution is 5.65. The van der Waals surface area contributed by atoms with Crippen molar-refractivity contribution in [3.05, 3.63) is 53.6 Å². The fourth-order valence-electron chi connectivity index (χ4n) is 2.25. The Labute approximate surface area is 125 Å². The lowest BCUT2D eigenvalue weighted by atomic mass is 10.1. The van der Waals surface area contributed by atoms with Gasteiger partial charge in [-0.2, -0.15) is 0 Å². The van der Waals surface area contributed by atoms with E-state index in [0.29, 0.717) is 0 Å². The molecular weight excluding hydrogens is 265 g/mol. The Kier molecular flexibility index (Phi) is 5.28. The Morgan fingerprint density at radius 3 is 2.81 bits per heavy atom. The van der Waals surface area contributed by atoms with Gasteiger partial charge in [0.1, 0.15) is 5.82 Å². The Morgan fingerprint density at radius 1 is 1.29 bits per heavy atom. The first kappa shape index (κ1) is 15.4. The number of aryl methyl sites for hydroxylation is 1. The first-order valence-corrected chi connectivity index (χ1v) is 7.27. The second kappa shape index (κ2) is 7.18. The lowest BCUT2D eigenvalue weighted by Crippen LogP contribution is -2.18. The van der Waals surface area contributed by atoms with Crippen molar-refractivity contribution in [2.75, 3.05) is 18.5 Å². The highest BCUT2D eigenvalue weighted by Gasteiger charge is 2.11. The first-order valence-electron chi connectivity index (χ1n) is 7.27. The van der Waals surface area contributed by atoms with Gasteiger partial charge < -0.3 is 10.2 Å². The molecule has 1 aromatic heterocycles. The van der Waals surface area contributed by atoms with Gasteiger partial charge in [0.15, 0.2) is 0 Å². The molecule has 0 bridgehead atoms. The standard InChI is InChI=1S/C17H22FN3/c1-4-8-19-11-14-12-20-13(2)9-17(14)21(3)16-7-5-6-15(18)10-16/h5-7,9-10,12,19H,4,8,11H2,1-3H3. The monoisotopic (exact) mass is 287 g/mol. The molecule has 0 aliphatic heterocycles. The molecule has 21 heavy (non-hydrogen) atoms. The molecular formula is C17H22FN3. The topological polar surface area (TPSA) is 28.2 Å². The minimum Gasteiger partial charge on any atom is -0.344 e. The van der Waals surface area contributed by atoms with Crippen LogP contribution in [0.25, 0.3) is 0 Å². The first-order chi connectivity index (χ1) is 10.1. The number of nitrogens with one attached hydrogen (secondary N) is 1. The molecule has 112 valence electrons. The van der Waals surface area contributed by atoms with Crippen LogP contribution in [0.1, 0.15) is 24.6 Å². The van der Waals surface area contributed by atoms with Gasteiger partial charge in [-0.3, -0.25) is 4.98 Å². The highest BCUT2D eigenvalue weighted by Crippen LogP contribution is 2.27. The highest BCUT2D eigenvalue weighted by atomic mass is 19.1. The van der Waals surface area contributed by atoms with Crippen LogP contribution in [0.5, 0.6) is 0 Å². The zero-order valence-electron chi connectivity index (χ0n) is 12.9. The van der Waals surface area contributed by atoms with Crippen molar-refractivity contribution < 1.29 is 4.39 Å². The van der Waals surface area contributed by atoms with Gasteiger partial charge in [-0.15, -0.1) is 0 Å². The van der Waals surface area contributed by atoms with Crippen LogP contribution in [0.4, 0.5) is 15.8 Å². The van der Waals surface area contributed by atoms with Crippen molar-refractivity contribution in [2.24, 2.45) is 0 Å². The van der Waals surface area contributed by atoms with E-state index >= 15 is 0 Å². The van der Waals surface area contributed by atoms with E-state index in [4.69, 9.17) is 0 Å². The van der Waals surface area contributed by atoms with Gasteiger partial charge in [-0.1, -0.05) is 13.0 Å². The Bertz CT molecular complexity index is 598. The summed E-state index contributed by atoms with van der Waals surface area (Å²) >= 11 is 0. The van der Waals surface area contributed by atoms with Crippen molar-refractivity contribution in [3.8, 4) is 0 Å². The van der Waals surface area contributed by atoms with E-state index in [2.05, 4.69) is 17.2 Å². The minimum absolute atomic E-state index is 0.226. The molecule has 3 nitrogen and oxygen atoms in total. The number of nitrogens with zero attached hydrogens (tertiary/aromatic N) is 2. The third kappa shape index (κ3) is 4.02. The number of rotatable bonds is 6. The Hall–Kier alpha value is -1.94. The molecule has 2 aromatic rings. The normalized spacial score (nSPS) is 10.7. The number of anilines is 2. The average Bonchev–Trinajstić information content (AvgIpc) is 2.48. The van der Waals surface area contributed by atoms with Crippen LogP contribution in [0.3, 0.4) is 0 Å². The van der Waals surface area contributed by atoms with E-state index < -0.39 is 0 Å². The van der Waals surface area contributed by atoms with Crippen LogP contribution in [0.2, 0.25) is 0 Å². The van der Waals surface area contributed by atoms with Gasteiger partial charge in [-0.25, -0.2) is 4.39 Å². The maximum absolute atomic E-state index is 13.4. The van der Waals surface area contributed by atoms with Crippen molar-refractivity contribution in [2.45, 2.75) is 26.8 Å². The molecule has 0 unspecified atom stereocenters. The van der Waals surface area contributed by atoms with Gasteiger partial charge in [0.2, 0.25) is 0 Å². The zero-order valence-corrected chi connectivity index (χ0v) is 12.9. The Balaban J connectivity index is 2.30. The molecule has 0 atom stereocenters. The quantitative estimate of drug-likeness (QED) is 0.819. The lowest BCUT2D eigenvalue weighted by Gasteiger charge is -2.23. The number of halogens is 1. The summed E-state index contributed by atoms with van der Waals surface area (Å²) in [4.78, 5) is 6.37. The summed E-state index contributed by atoms with van der Waals surface area (Å²) in [5, 5.41) is 3.39. The lowest BCUT2D eigenvalue weighted by molar-refractivity contribution is 0.628. The largest absolute Gasteiger partial charge is 0.344 e. The van der Waals surface area contributed by atoms with Crippen molar-refractivity contribution in [1.29, 1.82) is 0 Å². The fraction of sp³-hybridized carbons (Fsp3) is 0.353. The second-order valence-electron chi connectivity index (χ2n) is 5.17. The van der Waals surface area contributed by atoms with E-state index in [-0.39, 0.29) is 5.82 Å². The second-order valence-corrected chi connectivity index (χ2v) is 5.17. The van der Waals surface area contributed by atoms with Gasteiger partial charge >= 0.3 is 0 Å². The van der Waals surface area contributed by atoms with Crippen LogP contribution in [0.15, 0.2) is 36.5 Å².